The van der Waals surface area contributed by atoms with Gasteiger partial charge in [-0.2, -0.15) is 0 Å². The second-order valence-corrected chi connectivity index (χ2v) is 6.44. The molecule has 1 spiro atoms. The first-order valence-electron chi connectivity index (χ1n) is 7.81. The van der Waals surface area contributed by atoms with Crippen molar-refractivity contribution in [3.05, 3.63) is 0 Å². The van der Waals surface area contributed by atoms with Crippen LogP contribution in [0.1, 0.15) is 57.8 Å². The van der Waals surface area contributed by atoms with Crippen molar-refractivity contribution in [2.75, 3.05) is 6.54 Å². The molecule has 3 aliphatic rings. The van der Waals surface area contributed by atoms with Crippen molar-refractivity contribution < 1.29 is 14.4 Å². The second kappa shape index (κ2) is 5.19. The normalized spacial score (nSPS) is 26.6. The van der Waals surface area contributed by atoms with Crippen LogP contribution in [0.15, 0.2) is 0 Å². The molecular formula is C15H22N2O3. The number of rotatable bonds is 3. The first-order chi connectivity index (χ1) is 9.63. The summed E-state index contributed by atoms with van der Waals surface area (Å²) in [6.07, 6.45) is 8.76. The maximum atomic E-state index is 12.6. The van der Waals surface area contributed by atoms with Crippen LogP contribution in [0.3, 0.4) is 0 Å². The summed E-state index contributed by atoms with van der Waals surface area (Å²) in [5.74, 6) is 0.0108. The lowest BCUT2D eigenvalue weighted by atomic mass is 9.82. The minimum atomic E-state index is -0.941. The Kier molecular flexibility index (Phi) is 3.52. The quantitative estimate of drug-likeness (QED) is 0.805. The number of carbonyl (C=O) groups is 3. The summed E-state index contributed by atoms with van der Waals surface area (Å²) in [4.78, 5) is 37.9. The van der Waals surface area contributed by atoms with E-state index in [0.29, 0.717) is 25.3 Å². The second-order valence-electron chi connectivity index (χ2n) is 6.44. The molecule has 110 valence electrons. The van der Waals surface area contributed by atoms with Gasteiger partial charge in [0.05, 0.1) is 0 Å². The predicted molar refractivity (Wildman–Crippen MR) is 72.7 cm³/mol. The molecule has 1 aliphatic heterocycles. The fraction of sp³-hybridized carbons (Fsp3) is 0.800. The first kappa shape index (κ1) is 13.6. The molecule has 4 amide bonds. The molecule has 0 unspecified atom stereocenters. The van der Waals surface area contributed by atoms with E-state index in [1.54, 1.807) is 0 Å². The van der Waals surface area contributed by atoms with Crippen molar-refractivity contribution in [2.45, 2.75) is 57.8 Å². The number of nitrogens with zero attached hydrogens (tertiary/aromatic N) is 1. The Morgan fingerprint density at radius 1 is 1.05 bits per heavy atom. The van der Waals surface area contributed by atoms with Crippen molar-refractivity contribution in [2.24, 2.45) is 11.3 Å². The van der Waals surface area contributed by atoms with Crippen LogP contribution in [0.25, 0.3) is 0 Å². The zero-order valence-electron chi connectivity index (χ0n) is 11.8. The van der Waals surface area contributed by atoms with Gasteiger partial charge in [-0.15, -0.1) is 0 Å². The number of urea groups is 1. The lowest BCUT2D eigenvalue weighted by Crippen LogP contribution is -2.63. The van der Waals surface area contributed by atoms with Gasteiger partial charge in [0.2, 0.25) is 11.8 Å². The van der Waals surface area contributed by atoms with Gasteiger partial charge < -0.3 is 0 Å². The maximum Gasteiger partial charge on any atom is 0.330 e. The molecular weight excluding hydrogens is 256 g/mol. The average Bonchev–Trinajstić information content (AvgIpc) is 3.09. The zero-order valence-corrected chi connectivity index (χ0v) is 11.8. The molecule has 0 bridgehead atoms. The topological polar surface area (TPSA) is 66.5 Å². The number of imide groups is 2. The van der Waals surface area contributed by atoms with Gasteiger partial charge in [-0.25, -0.2) is 4.79 Å². The van der Waals surface area contributed by atoms with Crippen LogP contribution in [0, 0.1) is 11.3 Å². The number of nitrogens with one attached hydrogen (secondary N) is 1. The lowest BCUT2D eigenvalue weighted by molar-refractivity contribution is -0.151. The molecule has 0 aromatic carbocycles. The Morgan fingerprint density at radius 2 is 1.70 bits per heavy atom. The third-order valence-electron chi connectivity index (χ3n) is 5.25. The Labute approximate surface area is 119 Å². The fourth-order valence-electron chi connectivity index (χ4n) is 3.97. The highest BCUT2D eigenvalue weighted by Gasteiger charge is 2.54. The Morgan fingerprint density at radius 3 is 2.35 bits per heavy atom. The van der Waals surface area contributed by atoms with Crippen LogP contribution in [0.5, 0.6) is 0 Å². The SMILES string of the molecule is O=C1NC(=O)C2(CCCC2)C(=O)N1CCC1CCCC1. The largest absolute Gasteiger partial charge is 0.330 e. The first-order valence-corrected chi connectivity index (χ1v) is 7.81. The van der Waals surface area contributed by atoms with E-state index in [4.69, 9.17) is 0 Å². The summed E-state index contributed by atoms with van der Waals surface area (Å²) in [5.41, 5.74) is -0.941. The Balaban J connectivity index is 1.70. The van der Waals surface area contributed by atoms with Gasteiger partial charge in [0.25, 0.3) is 0 Å². The number of carbonyl (C=O) groups excluding carboxylic acids is 3. The van der Waals surface area contributed by atoms with Gasteiger partial charge in [0.15, 0.2) is 0 Å². The molecule has 1 N–H and O–H groups in total. The number of hydrogen-bond donors (Lipinski definition) is 1. The number of hydrogen-bond acceptors (Lipinski definition) is 3. The molecule has 0 aromatic rings. The molecule has 2 saturated carbocycles. The standard InChI is InChI=1S/C15H22N2O3/c18-12-15(8-3-4-9-15)13(19)17(14(20)16-12)10-7-11-5-1-2-6-11/h11H,1-10H2,(H,16,18,20). The van der Waals surface area contributed by atoms with Gasteiger partial charge in [-0.05, 0) is 25.2 Å². The molecule has 0 aromatic heterocycles. The van der Waals surface area contributed by atoms with E-state index in [1.165, 1.54) is 30.6 Å². The molecule has 3 fully saturated rings. The molecule has 20 heavy (non-hydrogen) atoms. The van der Waals surface area contributed by atoms with E-state index in [2.05, 4.69) is 5.32 Å². The smallest absolute Gasteiger partial charge is 0.277 e. The molecule has 5 nitrogen and oxygen atoms in total. The van der Waals surface area contributed by atoms with Gasteiger partial charge >= 0.3 is 6.03 Å². The number of amides is 4. The minimum absolute atomic E-state index is 0.248. The molecule has 0 atom stereocenters. The van der Waals surface area contributed by atoms with Gasteiger partial charge in [-0.1, -0.05) is 38.5 Å². The van der Waals surface area contributed by atoms with Crippen LogP contribution < -0.4 is 5.32 Å². The lowest BCUT2D eigenvalue weighted by Gasteiger charge is -2.37. The van der Waals surface area contributed by atoms with Crippen molar-refractivity contribution >= 4 is 17.8 Å². The maximum absolute atomic E-state index is 12.6. The summed E-state index contributed by atoms with van der Waals surface area (Å²) < 4.78 is 0. The fourth-order valence-corrected chi connectivity index (χ4v) is 3.97. The third kappa shape index (κ3) is 2.13. The van der Waals surface area contributed by atoms with Crippen molar-refractivity contribution in [1.29, 1.82) is 0 Å². The molecule has 1 heterocycles. The zero-order chi connectivity index (χ0) is 14.2. The van der Waals surface area contributed by atoms with E-state index >= 15 is 0 Å². The van der Waals surface area contributed by atoms with E-state index in [0.717, 1.165) is 19.3 Å². The Hall–Kier alpha value is -1.39. The van der Waals surface area contributed by atoms with Crippen LogP contribution >= 0.6 is 0 Å². The predicted octanol–water partition coefficient (Wildman–Crippen LogP) is 2.21. The van der Waals surface area contributed by atoms with E-state index < -0.39 is 11.4 Å². The van der Waals surface area contributed by atoms with Crippen LogP contribution in [0.4, 0.5) is 4.79 Å². The summed E-state index contributed by atoms with van der Waals surface area (Å²) >= 11 is 0. The molecule has 1 saturated heterocycles. The van der Waals surface area contributed by atoms with Crippen molar-refractivity contribution in [3.8, 4) is 0 Å². The number of barbiturate groups is 1. The monoisotopic (exact) mass is 278 g/mol. The van der Waals surface area contributed by atoms with Gasteiger partial charge in [0, 0.05) is 6.54 Å². The van der Waals surface area contributed by atoms with Crippen LogP contribution in [-0.4, -0.2) is 29.3 Å². The molecule has 3 rings (SSSR count). The van der Waals surface area contributed by atoms with E-state index in [9.17, 15) is 14.4 Å². The van der Waals surface area contributed by atoms with Crippen LogP contribution in [0.2, 0.25) is 0 Å². The minimum Gasteiger partial charge on any atom is -0.277 e. The third-order valence-corrected chi connectivity index (χ3v) is 5.25. The summed E-state index contributed by atoms with van der Waals surface area (Å²) in [6, 6.07) is -0.518. The highest BCUT2D eigenvalue weighted by Crippen LogP contribution is 2.42. The highest BCUT2D eigenvalue weighted by molar-refractivity contribution is 6.19. The molecule has 5 heteroatoms. The van der Waals surface area contributed by atoms with Crippen LogP contribution in [-0.2, 0) is 9.59 Å². The van der Waals surface area contributed by atoms with Crippen molar-refractivity contribution in [3.63, 3.8) is 0 Å². The van der Waals surface area contributed by atoms with Gasteiger partial charge in [-0.3, -0.25) is 19.8 Å². The van der Waals surface area contributed by atoms with Crippen molar-refractivity contribution in [1.82, 2.24) is 10.2 Å². The summed E-state index contributed by atoms with van der Waals surface area (Å²) in [6.45, 7) is 0.463. The molecule has 0 radical (unpaired) electrons. The van der Waals surface area contributed by atoms with Gasteiger partial charge in [0.1, 0.15) is 5.41 Å². The Bertz CT molecular complexity index is 434. The highest BCUT2D eigenvalue weighted by atomic mass is 16.2. The van der Waals surface area contributed by atoms with E-state index in [1.807, 2.05) is 0 Å². The summed E-state index contributed by atoms with van der Waals surface area (Å²) in [7, 11) is 0. The molecule has 2 aliphatic carbocycles. The van der Waals surface area contributed by atoms with E-state index in [-0.39, 0.29) is 11.8 Å². The summed E-state index contributed by atoms with van der Waals surface area (Å²) in [5, 5.41) is 2.40. The average molecular weight is 278 g/mol.